The molecule has 120 valence electrons. The molecule has 0 fully saturated rings. The molecule has 3 nitrogen and oxygen atoms in total. The maximum atomic E-state index is 13.5. The Kier molecular flexibility index (Phi) is 5.10. The van der Waals surface area contributed by atoms with Crippen molar-refractivity contribution in [3.8, 4) is 5.75 Å². The van der Waals surface area contributed by atoms with E-state index in [0.29, 0.717) is 5.75 Å². The maximum absolute atomic E-state index is 13.5. The molecule has 2 atom stereocenters. The highest BCUT2D eigenvalue weighted by Crippen LogP contribution is 2.40. The predicted octanol–water partition coefficient (Wildman–Crippen LogP) is 3.52. The zero-order chi connectivity index (χ0) is 16.5. The second-order valence-corrected chi connectivity index (χ2v) is 7.80. The van der Waals surface area contributed by atoms with Gasteiger partial charge in [0.2, 0.25) is 0 Å². The molecule has 0 saturated carbocycles. The number of nitrogens with one attached hydrogen (secondary N) is 1. The predicted molar refractivity (Wildman–Crippen MR) is 77.4 cm³/mol. The van der Waals surface area contributed by atoms with Gasteiger partial charge in [-0.05, 0) is 45.4 Å². The van der Waals surface area contributed by atoms with Crippen molar-refractivity contribution in [2.75, 3.05) is 7.11 Å². The Balaban J connectivity index is 3.31. The zero-order valence-corrected chi connectivity index (χ0v) is 13.5. The molecule has 0 amide bonds. The summed E-state index contributed by atoms with van der Waals surface area (Å²) in [6.45, 7) is 5.81. The van der Waals surface area contributed by atoms with Gasteiger partial charge in [-0.15, -0.1) is 0 Å². The fraction of sp³-hybridized carbons (Fsp3) is 0.571. The largest absolute Gasteiger partial charge is 0.497 e. The van der Waals surface area contributed by atoms with Gasteiger partial charge in [-0.1, -0.05) is 12.1 Å². The second kappa shape index (κ2) is 5.96. The SMILES string of the molecule is COc1cccc([C@](C)(NS(=O)C(C)(C)C)C(F)(F)F)c1. The lowest BCUT2D eigenvalue weighted by Gasteiger charge is -2.35. The minimum absolute atomic E-state index is 0.0491. The third-order valence-corrected chi connectivity index (χ3v) is 4.77. The molecule has 0 radical (unpaired) electrons. The normalized spacial score (nSPS) is 17.1. The van der Waals surface area contributed by atoms with Crippen molar-refractivity contribution in [2.24, 2.45) is 0 Å². The topological polar surface area (TPSA) is 38.3 Å². The average molecular weight is 323 g/mol. The molecule has 0 aromatic heterocycles. The molecule has 1 unspecified atom stereocenters. The molecule has 1 aromatic rings. The summed E-state index contributed by atoms with van der Waals surface area (Å²) in [5, 5.41) is 0. The second-order valence-electron chi connectivity index (χ2n) is 5.84. The molecule has 0 bridgehead atoms. The molecule has 0 heterocycles. The summed E-state index contributed by atoms with van der Waals surface area (Å²) in [6.07, 6.45) is -4.61. The number of rotatable bonds is 4. The molecule has 0 aliphatic carbocycles. The Morgan fingerprint density at radius 1 is 1.14 bits per heavy atom. The van der Waals surface area contributed by atoms with E-state index >= 15 is 0 Å². The number of benzene rings is 1. The summed E-state index contributed by atoms with van der Waals surface area (Å²) in [4.78, 5) is 0. The molecule has 0 spiro atoms. The molecular formula is C14H20F3NO2S. The number of hydrogen-bond donors (Lipinski definition) is 1. The highest BCUT2D eigenvalue weighted by Gasteiger charge is 2.54. The van der Waals surface area contributed by atoms with Crippen LogP contribution in [-0.2, 0) is 16.5 Å². The van der Waals surface area contributed by atoms with Crippen LogP contribution in [0.2, 0.25) is 0 Å². The summed E-state index contributed by atoms with van der Waals surface area (Å²) in [5.74, 6) is 0.311. The van der Waals surface area contributed by atoms with Crippen molar-refractivity contribution in [3.63, 3.8) is 0 Å². The van der Waals surface area contributed by atoms with Gasteiger partial charge in [0, 0.05) is 0 Å². The van der Waals surface area contributed by atoms with Gasteiger partial charge in [0.1, 0.15) is 11.3 Å². The summed E-state index contributed by atoms with van der Waals surface area (Å²) in [5.41, 5.74) is -2.48. The van der Waals surface area contributed by atoms with E-state index < -0.39 is 27.4 Å². The van der Waals surface area contributed by atoms with E-state index in [0.717, 1.165) is 6.92 Å². The van der Waals surface area contributed by atoms with E-state index in [1.807, 2.05) is 0 Å². The van der Waals surface area contributed by atoms with Gasteiger partial charge in [-0.2, -0.15) is 13.2 Å². The third-order valence-electron chi connectivity index (χ3n) is 3.07. The molecule has 1 aromatic carbocycles. The molecule has 1 N–H and O–H groups in total. The van der Waals surface area contributed by atoms with E-state index in [1.165, 1.54) is 25.3 Å². The monoisotopic (exact) mass is 323 g/mol. The van der Waals surface area contributed by atoms with Crippen LogP contribution < -0.4 is 9.46 Å². The summed E-state index contributed by atoms with van der Waals surface area (Å²) >= 11 is 0. The van der Waals surface area contributed by atoms with E-state index in [-0.39, 0.29) is 5.56 Å². The Morgan fingerprint density at radius 2 is 1.71 bits per heavy atom. The van der Waals surface area contributed by atoms with Crippen LogP contribution in [0.25, 0.3) is 0 Å². The lowest BCUT2D eigenvalue weighted by Crippen LogP contribution is -2.54. The van der Waals surface area contributed by atoms with E-state index in [1.54, 1.807) is 26.8 Å². The summed E-state index contributed by atoms with van der Waals surface area (Å²) < 4.78 is 59.1. The van der Waals surface area contributed by atoms with Crippen LogP contribution in [0.1, 0.15) is 33.3 Å². The lowest BCUT2D eigenvalue weighted by atomic mass is 9.92. The first-order valence-corrected chi connectivity index (χ1v) is 7.48. The van der Waals surface area contributed by atoms with Crippen LogP contribution in [0.15, 0.2) is 24.3 Å². The van der Waals surface area contributed by atoms with Gasteiger partial charge in [0.05, 0.1) is 22.8 Å². The van der Waals surface area contributed by atoms with E-state index in [9.17, 15) is 17.4 Å². The van der Waals surface area contributed by atoms with E-state index in [4.69, 9.17) is 4.74 Å². The molecule has 0 aliphatic heterocycles. The zero-order valence-electron chi connectivity index (χ0n) is 12.7. The van der Waals surface area contributed by atoms with Crippen molar-refractivity contribution >= 4 is 11.0 Å². The summed E-state index contributed by atoms with van der Waals surface area (Å²) in [7, 11) is -0.493. The van der Waals surface area contributed by atoms with Crippen LogP contribution in [-0.4, -0.2) is 22.2 Å². The van der Waals surface area contributed by atoms with Crippen molar-refractivity contribution < 1.29 is 22.1 Å². The van der Waals surface area contributed by atoms with Crippen LogP contribution >= 0.6 is 0 Å². The smallest absolute Gasteiger partial charge is 0.411 e. The van der Waals surface area contributed by atoms with Gasteiger partial charge in [-0.3, -0.25) is 0 Å². The fourth-order valence-corrected chi connectivity index (χ4v) is 2.46. The van der Waals surface area contributed by atoms with Gasteiger partial charge in [0.25, 0.3) is 0 Å². The molecule has 1 rings (SSSR count). The highest BCUT2D eigenvalue weighted by atomic mass is 32.2. The third kappa shape index (κ3) is 3.97. The van der Waals surface area contributed by atoms with Crippen LogP contribution in [0.5, 0.6) is 5.75 Å². The maximum Gasteiger partial charge on any atom is 0.411 e. The Hall–Kier alpha value is -1.08. The van der Waals surface area contributed by atoms with Crippen molar-refractivity contribution in [1.82, 2.24) is 4.72 Å². The minimum Gasteiger partial charge on any atom is -0.497 e. The molecule has 0 saturated heterocycles. The number of methoxy groups -OCH3 is 1. The van der Waals surface area contributed by atoms with Crippen LogP contribution in [0.4, 0.5) is 13.2 Å². The number of ether oxygens (including phenoxy) is 1. The first-order valence-electron chi connectivity index (χ1n) is 6.33. The van der Waals surface area contributed by atoms with Crippen molar-refractivity contribution in [1.29, 1.82) is 0 Å². The highest BCUT2D eigenvalue weighted by molar-refractivity contribution is 7.84. The lowest BCUT2D eigenvalue weighted by molar-refractivity contribution is -0.189. The van der Waals surface area contributed by atoms with Gasteiger partial charge in [0.15, 0.2) is 0 Å². The quantitative estimate of drug-likeness (QED) is 0.920. The first kappa shape index (κ1) is 18.0. The fourth-order valence-electron chi connectivity index (χ4n) is 1.55. The molecular weight excluding hydrogens is 303 g/mol. The summed E-state index contributed by atoms with van der Waals surface area (Å²) in [6, 6.07) is 5.66. The van der Waals surface area contributed by atoms with Crippen molar-refractivity contribution in [2.45, 2.75) is 44.2 Å². The molecule has 7 heteroatoms. The van der Waals surface area contributed by atoms with Crippen molar-refractivity contribution in [3.05, 3.63) is 29.8 Å². The van der Waals surface area contributed by atoms with E-state index in [2.05, 4.69) is 4.72 Å². The molecule has 21 heavy (non-hydrogen) atoms. The standard InChI is InChI=1S/C14H20F3NO2S/c1-12(2,3)21(19)18-13(4,14(15,16)17)10-7-6-8-11(9-10)20-5/h6-9,18H,1-5H3/t13-,21?/m0/s1. The van der Waals surface area contributed by atoms with Gasteiger partial charge in [-0.25, -0.2) is 8.93 Å². The number of hydrogen-bond acceptors (Lipinski definition) is 2. The number of alkyl halides is 3. The van der Waals surface area contributed by atoms with Crippen LogP contribution in [0, 0.1) is 0 Å². The average Bonchev–Trinajstić information content (AvgIpc) is 2.36. The van der Waals surface area contributed by atoms with Gasteiger partial charge >= 0.3 is 6.18 Å². The first-order chi connectivity index (χ1) is 9.41. The Labute approximate surface area is 125 Å². The van der Waals surface area contributed by atoms with Crippen LogP contribution in [0.3, 0.4) is 0 Å². The minimum atomic E-state index is -4.61. The Bertz CT molecular complexity index is 526. The van der Waals surface area contributed by atoms with Gasteiger partial charge < -0.3 is 4.74 Å². The number of halogens is 3. The molecule has 0 aliphatic rings. The Morgan fingerprint density at radius 3 is 2.14 bits per heavy atom.